The SMILES string of the molecule is COc1cccc(NC(=O)N2CCCC2c2ccc(OC)c(OC)c2)c1. The van der Waals surface area contributed by atoms with Crippen LogP contribution in [0.3, 0.4) is 0 Å². The van der Waals surface area contributed by atoms with Gasteiger partial charge in [-0.2, -0.15) is 0 Å². The summed E-state index contributed by atoms with van der Waals surface area (Å²) in [7, 11) is 4.83. The third-order valence-corrected chi connectivity index (χ3v) is 4.63. The number of hydrogen-bond donors (Lipinski definition) is 1. The first-order chi connectivity index (χ1) is 12.7. The van der Waals surface area contributed by atoms with Gasteiger partial charge in [-0.3, -0.25) is 0 Å². The van der Waals surface area contributed by atoms with E-state index in [4.69, 9.17) is 14.2 Å². The lowest BCUT2D eigenvalue weighted by Gasteiger charge is -2.26. The van der Waals surface area contributed by atoms with Crippen molar-refractivity contribution in [1.82, 2.24) is 4.90 Å². The van der Waals surface area contributed by atoms with Crippen LogP contribution in [0.25, 0.3) is 0 Å². The molecule has 1 aliphatic heterocycles. The monoisotopic (exact) mass is 356 g/mol. The Morgan fingerprint density at radius 3 is 2.58 bits per heavy atom. The topological polar surface area (TPSA) is 60.0 Å². The molecule has 0 aromatic heterocycles. The number of ether oxygens (including phenoxy) is 3. The zero-order chi connectivity index (χ0) is 18.5. The second-order valence-corrected chi connectivity index (χ2v) is 6.13. The molecule has 6 nitrogen and oxygen atoms in total. The number of benzene rings is 2. The molecule has 1 fully saturated rings. The quantitative estimate of drug-likeness (QED) is 0.877. The van der Waals surface area contributed by atoms with Gasteiger partial charge in [0.05, 0.1) is 27.4 Å². The summed E-state index contributed by atoms with van der Waals surface area (Å²) in [6.07, 6.45) is 1.88. The molecule has 0 radical (unpaired) electrons. The van der Waals surface area contributed by atoms with Gasteiger partial charge in [0.2, 0.25) is 0 Å². The van der Waals surface area contributed by atoms with Crippen molar-refractivity contribution in [3.8, 4) is 17.2 Å². The molecule has 26 heavy (non-hydrogen) atoms. The molecule has 2 aromatic carbocycles. The fourth-order valence-corrected chi connectivity index (χ4v) is 3.31. The Balaban J connectivity index is 1.78. The van der Waals surface area contributed by atoms with Crippen molar-refractivity contribution in [2.45, 2.75) is 18.9 Å². The number of methoxy groups -OCH3 is 3. The highest BCUT2D eigenvalue weighted by molar-refractivity contribution is 5.90. The first-order valence-corrected chi connectivity index (χ1v) is 8.60. The fourth-order valence-electron chi connectivity index (χ4n) is 3.31. The van der Waals surface area contributed by atoms with Gasteiger partial charge in [0, 0.05) is 18.3 Å². The van der Waals surface area contributed by atoms with Crippen molar-refractivity contribution in [3.05, 3.63) is 48.0 Å². The lowest BCUT2D eigenvalue weighted by Crippen LogP contribution is -2.34. The molecule has 0 aliphatic carbocycles. The molecule has 0 saturated carbocycles. The lowest BCUT2D eigenvalue weighted by molar-refractivity contribution is 0.207. The minimum absolute atomic E-state index is 0.0143. The van der Waals surface area contributed by atoms with E-state index in [9.17, 15) is 4.79 Å². The van der Waals surface area contributed by atoms with Crippen LogP contribution in [0.15, 0.2) is 42.5 Å². The van der Waals surface area contributed by atoms with E-state index in [0.717, 1.165) is 24.9 Å². The minimum Gasteiger partial charge on any atom is -0.497 e. The molecule has 1 aliphatic rings. The Morgan fingerprint density at radius 2 is 1.85 bits per heavy atom. The number of carbonyl (C=O) groups is 1. The van der Waals surface area contributed by atoms with Crippen LogP contribution in [0.2, 0.25) is 0 Å². The smallest absolute Gasteiger partial charge is 0.322 e. The standard InChI is InChI=1S/C20H24N2O4/c1-24-16-7-4-6-15(13-16)21-20(23)22-11-5-8-17(22)14-9-10-18(25-2)19(12-14)26-3/h4,6-7,9-10,12-13,17H,5,8,11H2,1-3H3,(H,21,23). The highest BCUT2D eigenvalue weighted by atomic mass is 16.5. The van der Waals surface area contributed by atoms with Gasteiger partial charge >= 0.3 is 6.03 Å². The molecule has 2 aromatic rings. The average molecular weight is 356 g/mol. The number of nitrogens with one attached hydrogen (secondary N) is 1. The minimum atomic E-state index is -0.115. The van der Waals surface area contributed by atoms with Gasteiger partial charge in [0.1, 0.15) is 5.75 Å². The van der Waals surface area contributed by atoms with E-state index in [2.05, 4.69) is 5.32 Å². The molecule has 1 atom stereocenters. The summed E-state index contributed by atoms with van der Waals surface area (Å²) < 4.78 is 15.9. The van der Waals surface area contributed by atoms with Crippen molar-refractivity contribution in [1.29, 1.82) is 0 Å². The molecule has 3 rings (SSSR count). The van der Waals surface area contributed by atoms with Gasteiger partial charge in [0.15, 0.2) is 11.5 Å². The summed E-state index contributed by atoms with van der Waals surface area (Å²) in [6.45, 7) is 0.717. The first kappa shape index (κ1) is 17.9. The molecule has 1 saturated heterocycles. The summed E-state index contributed by atoms with van der Waals surface area (Å²) in [4.78, 5) is 14.7. The van der Waals surface area contributed by atoms with Crippen LogP contribution in [0.5, 0.6) is 17.2 Å². The molecule has 2 amide bonds. The van der Waals surface area contributed by atoms with Crippen LogP contribution in [0.4, 0.5) is 10.5 Å². The third kappa shape index (κ3) is 3.69. The van der Waals surface area contributed by atoms with Crippen molar-refractivity contribution >= 4 is 11.7 Å². The van der Waals surface area contributed by atoms with Gasteiger partial charge in [-0.1, -0.05) is 12.1 Å². The van der Waals surface area contributed by atoms with Gasteiger partial charge in [-0.05, 0) is 42.7 Å². The van der Waals surface area contributed by atoms with E-state index in [1.165, 1.54) is 0 Å². The van der Waals surface area contributed by atoms with Crippen molar-refractivity contribution in [2.24, 2.45) is 0 Å². The van der Waals surface area contributed by atoms with E-state index < -0.39 is 0 Å². The van der Waals surface area contributed by atoms with Gasteiger partial charge in [-0.15, -0.1) is 0 Å². The number of anilines is 1. The molecule has 1 heterocycles. The van der Waals surface area contributed by atoms with Crippen molar-refractivity contribution in [3.63, 3.8) is 0 Å². The van der Waals surface area contributed by atoms with Gasteiger partial charge < -0.3 is 24.4 Å². The third-order valence-electron chi connectivity index (χ3n) is 4.63. The average Bonchev–Trinajstić information content (AvgIpc) is 3.17. The highest BCUT2D eigenvalue weighted by Gasteiger charge is 2.30. The van der Waals surface area contributed by atoms with Gasteiger partial charge in [-0.25, -0.2) is 4.79 Å². The Bertz CT molecular complexity index is 778. The molecule has 1 unspecified atom stereocenters. The molecule has 0 spiro atoms. The number of hydrogen-bond acceptors (Lipinski definition) is 4. The zero-order valence-electron chi connectivity index (χ0n) is 15.3. The summed E-state index contributed by atoms with van der Waals surface area (Å²) >= 11 is 0. The van der Waals surface area contributed by atoms with E-state index in [1.807, 2.05) is 41.3 Å². The largest absolute Gasteiger partial charge is 0.497 e. The van der Waals surface area contributed by atoms with E-state index >= 15 is 0 Å². The molecule has 0 bridgehead atoms. The number of nitrogens with zero attached hydrogens (tertiary/aromatic N) is 1. The summed E-state index contributed by atoms with van der Waals surface area (Å²) in [6, 6.07) is 13.1. The fraction of sp³-hybridized carbons (Fsp3) is 0.350. The van der Waals surface area contributed by atoms with Crippen LogP contribution in [0, 0.1) is 0 Å². The summed E-state index contributed by atoms with van der Waals surface area (Å²) in [5.74, 6) is 2.06. The highest BCUT2D eigenvalue weighted by Crippen LogP contribution is 2.37. The van der Waals surface area contributed by atoms with Crippen LogP contribution in [-0.4, -0.2) is 38.8 Å². The van der Waals surface area contributed by atoms with Crippen LogP contribution in [0.1, 0.15) is 24.4 Å². The Labute approximate surface area is 153 Å². The first-order valence-electron chi connectivity index (χ1n) is 8.60. The Morgan fingerprint density at radius 1 is 1.04 bits per heavy atom. The van der Waals surface area contributed by atoms with E-state index in [0.29, 0.717) is 22.9 Å². The van der Waals surface area contributed by atoms with Crippen molar-refractivity contribution < 1.29 is 19.0 Å². The predicted octanol–water partition coefficient (Wildman–Crippen LogP) is 4.08. The zero-order valence-corrected chi connectivity index (χ0v) is 15.3. The maximum Gasteiger partial charge on any atom is 0.322 e. The molecular weight excluding hydrogens is 332 g/mol. The van der Waals surface area contributed by atoms with Crippen molar-refractivity contribution in [2.75, 3.05) is 33.2 Å². The summed E-state index contributed by atoms with van der Waals surface area (Å²) in [5, 5.41) is 2.96. The summed E-state index contributed by atoms with van der Waals surface area (Å²) in [5.41, 5.74) is 1.76. The van der Waals surface area contributed by atoms with E-state index in [1.54, 1.807) is 27.4 Å². The second kappa shape index (κ2) is 7.99. The predicted molar refractivity (Wildman–Crippen MR) is 100 cm³/mol. The Hall–Kier alpha value is -2.89. The number of rotatable bonds is 5. The number of likely N-dealkylation sites (tertiary alicyclic amines) is 1. The van der Waals surface area contributed by atoms with E-state index in [-0.39, 0.29) is 12.1 Å². The van der Waals surface area contributed by atoms with Gasteiger partial charge in [0.25, 0.3) is 0 Å². The number of carbonyl (C=O) groups excluding carboxylic acids is 1. The number of amides is 2. The second-order valence-electron chi connectivity index (χ2n) is 6.13. The maximum atomic E-state index is 12.8. The molecule has 6 heteroatoms. The lowest BCUT2D eigenvalue weighted by atomic mass is 10.0. The van der Waals surface area contributed by atoms with Crippen LogP contribution < -0.4 is 19.5 Å². The maximum absolute atomic E-state index is 12.8. The Kier molecular flexibility index (Phi) is 5.51. The number of urea groups is 1. The van der Waals surface area contributed by atoms with Crippen LogP contribution >= 0.6 is 0 Å². The molecule has 1 N–H and O–H groups in total. The molecular formula is C20H24N2O4. The normalized spacial score (nSPS) is 16.3. The molecule has 138 valence electrons. The van der Waals surface area contributed by atoms with Crippen LogP contribution in [-0.2, 0) is 0 Å².